The highest BCUT2D eigenvalue weighted by Gasteiger charge is 2.23. The minimum atomic E-state index is -1.41. The van der Waals surface area contributed by atoms with E-state index >= 15 is 0 Å². The lowest BCUT2D eigenvalue weighted by molar-refractivity contribution is -0.147. The summed E-state index contributed by atoms with van der Waals surface area (Å²) in [6.07, 6.45) is 0.818. The number of aromatic nitrogens is 4. The molecule has 0 bridgehead atoms. The van der Waals surface area contributed by atoms with Gasteiger partial charge in [-0.2, -0.15) is 17.6 Å². The molecule has 0 aliphatic rings. The summed E-state index contributed by atoms with van der Waals surface area (Å²) in [5.41, 5.74) is 11.2. The number of fused-ring (bicyclic) bond motifs is 1. The van der Waals surface area contributed by atoms with Crippen molar-refractivity contribution in [2.45, 2.75) is 37.9 Å². The maximum atomic E-state index is 12.6. The van der Waals surface area contributed by atoms with Gasteiger partial charge in [-0.1, -0.05) is 0 Å². The summed E-state index contributed by atoms with van der Waals surface area (Å²) in [6, 6.07) is 3.14. The van der Waals surface area contributed by atoms with Crippen LogP contribution in [0.3, 0.4) is 0 Å². The number of aliphatic carboxylic acids is 2. The topological polar surface area (TPSA) is 257 Å². The van der Waals surface area contributed by atoms with E-state index in [-0.39, 0.29) is 53.4 Å². The second-order valence-electron chi connectivity index (χ2n) is 8.40. The lowest BCUT2D eigenvalue weighted by Crippen LogP contribution is -2.41. The van der Waals surface area contributed by atoms with Crippen molar-refractivity contribution < 1.29 is 34.2 Å². The third-order valence-electron chi connectivity index (χ3n) is 5.41. The van der Waals surface area contributed by atoms with E-state index in [0.29, 0.717) is 5.75 Å². The monoisotopic (exact) mass is 574 g/mol. The number of hydrogen-bond donors (Lipinski definition) is 7. The van der Waals surface area contributed by atoms with Crippen LogP contribution >= 0.6 is 12.6 Å². The molecular weight excluding hydrogens is 548 g/mol. The van der Waals surface area contributed by atoms with Crippen LogP contribution in [-0.4, -0.2) is 71.8 Å². The van der Waals surface area contributed by atoms with Gasteiger partial charge in [-0.15, -0.1) is 0 Å². The first kappa shape index (κ1) is 29.8. The van der Waals surface area contributed by atoms with Crippen LogP contribution in [0.2, 0.25) is 0 Å². The van der Waals surface area contributed by atoms with Gasteiger partial charge in [-0.05, 0) is 42.9 Å². The second-order valence-corrected chi connectivity index (χ2v) is 8.84. The summed E-state index contributed by atoms with van der Waals surface area (Å²) >= 11 is 4.07. The summed E-state index contributed by atoms with van der Waals surface area (Å²) in [4.78, 5) is 79.6. The first-order valence-electron chi connectivity index (χ1n) is 11.7. The van der Waals surface area contributed by atoms with Crippen molar-refractivity contribution in [2.75, 3.05) is 16.5 Å². The Kier molecular flexibility index (Phi) is 9.93. The van der Waals surface area contributed by atoms with E-state index < -0.39 is 47.9 Å². The number of rotatable bonds is 13. The Morgan fingerprint density at radius 3 is 2.45 bits per heavy atom. The largest absolute Gasteiger partial charge is 0.481 e. The fourth-order valence-electron chi connectivity index (χ4n) is 3.36. The van der Waals surface area contributed by atoms with E-state index in [1.54, 1.807) is 0 Å². The summed E-state index contributed by atoms with van der Waals surface area (Å²) in [7, 11) is 0. The molecule has 2 heterocycles. The number of nitrogens with two attached hydrogens (primary N) is 2. The van der Waals surface area contributed by atoms with Crippen molar-refractivity contribution in [1.82, 2.24) is 25.3 Å². The number of carbonyl (C=O) groups is 4. The number of H-pyrrole nitrogens is 1. The van der Waals surface area contributed by atoms with Crippen LogP contribution in [-0.2, 0) is 25.8 Å². The van der Waals surface area contributed by atoms with Crippen LogP contribution in [0.5, 0.6) is 0 Å². The molecule has 0 unspecified atom stereocenters. The second kappa shape index (κ2) is 13.3. The molecule has 2 atom stereocenters. The Balaban J connectivity index is 1.85. The lowest BCUT2D eigenvalue weighted by atomic mass is 10.1. The maximum absolute atomic E-state index is 12.6. The van der Waals surface area contributed by atoms with Crippen molar-refractivity contribution >= 4 is 59.2 Å². The van der Waals surface area contributed by atoms with Crippen LogP contribution in [0.1, 0.15) is 35.3 Å². The Labute approximate surface area is 231 Å². The number of carboxylic acids is 2. The molecule has 1 aromatic carbocycles. The number of hydrogen-bond acceptors (Lipinski definition) is 13. The van der Waals surface area contributed by atoms with Gasteiger partial charge < -0.3 is 36.8 Å². The molecule has 0 saturated heterocycles. The summed E-state index contributed by atoms with van der Waals surface area (Å²) in [5.74, 6) is -3.91. The predicted molar refractivity (Wildman–Crippen MR) is 143 cm³/mol. The molecule has 0 spiro atoms. The first-order valence-corrected chi connectivity index (χ1v) is 12.3. The van der Waals surface area contributed by atoms with E-state index in [4.69, 9.17) is 21.4 Å². The smallest absolute Gasteiger partial charge is 0.348 e. The predicted octanol–water partition coefficient (Wildman–Crippen LogP) is -0.545. The number of anilines is 2. The van der Waals surface area contributed by atoms with Crippen LogP contribution in [0.25, 0.3) is 11.2 Å². The fraction of sp³-hybridized carbons (Fsp3) is 0.304. The molecule has 1 amide bonds. The molecule has 0 fully saturated rings. The van der Waals surface area contributed by atoms with Gasteiger partial charge in [-0.25, -0.2) is 24.6 Å². The SMILES string of the molecule is Nc1nc(=O)c2nc(CN(OC(=O)[C@H](N)CCS)c3ccc(C(=O)N[C@@H](CCC(=O)O)C(=O)O)cc3)cnc2[nH]1. The first-order chi connectivity index (χ1) is 19.0. The van der Waals surface area contributed by atoms with E-state index in [1.807, 2.05) is 0 Å². The van der Waals surface area contributed by atoms with Gasteiger partial charge in [0.05, 0.1) is 17.6 Å². The number of aromatic amines is 1. The van der Waals surface area contributed by atoms with Crippen LogP contribution in [0, 0.1) is 0 Å². The number of carboxylic acid groups (broad SMARTS) is 2. The summed E-state index contributed by atoms with van der Waals surface area (Å²) in [5, 5.41) is 21.5. The Morgan fingerprint density at radius 2 is 1.82 bits per heavy atom. The van der Waals surface area contributed by atoms with E-state index in [0.717, 1.165) is 5.06 Å². The molecular formula is C23H26N8O8S. The minimum Gasteiger partial charge on any atom is -0.481 e. The van der Waals surface area contributed by atoms with Gasteiger partial charge in [0.1, 0.15) is 18.6 Å². The quantitative estimate of drug-likeness (QED) is 0.0999. The van der Waals surface area contributed by atoms with E-state index in [1.165, 1.54) is 30.5 Å². The zero-order valence-corrected chi connectivity index (χ0v) is 21.7. The zero-order valence-electron chi connectivity index (χ0n) is 20.8. The average Bonchev–Trinajstić information content (AvgIpc) is 2.90. The number of nitrogens with one attached hydrogen (secondary N) is 2. The minimum absolute atomic E-state index is 0.0593. The van der Waals surface area contributed by atoms with Gasteiger partial charge in [0, 0.05) is 12.0 Å². The molecule has 212 valence electrons. The Morgan fingerprint density at radius 1 is 1.12 bits per heavy atom. The van der Waals surface area contributed by atoms with Crippen LogP contribution in [0.15, 0.2) is 35.3 Å². The highest BCUT2D eigenvalue weighted by atomic mass is 32.1. The highest BCUT2D eigenvalue weighted by molar-refractivity contribution is 7.80. The van der Waals surface area contributed by atoms with E-state index in [9.17, 15) is 29.1 Å². The Hall–Kier alpha value is -4.77. The summed E-state index contributed by atoms with van der Waals surface area (Å²) < 4.78 is 0. The van der Waals surface area contributed by atoms with Crippen molar-refractivity contribution in [2.24, 2.45) is 5.73 Å². The summed E-state index contributed by atoms with van der Waals surface area (Å²) in [6.45, 7) is -0.187. The number of nitrogens with zero attached hydrogens (tertiary/aromatic N) is 4. The van der Waals surface area contributed by atoms with Crippen molar-refractivity contribution in [3.8, 4) is 0 Å². The molecule has 2 aromatic heterocycles. The Bertz CT molecular complexity index is 1470. The fourth-order valence-corrected chi connectivity index (χ4v) is 3.63. The molecule has 40 heavy (non-hydrogen) atoms. The highest BCUT2D eigenvalue weighted by Crippen LogP contribution is 2.20. The van der Waals surface area contributed by atoms with Gasteiger partial charge in [0.2, 0.25) is 5.95 Å². The third kappa shape index (κ3) is 7.87. The number of benzene rings is 1. The van der Waals surface area contributed by atoms with Gasteiger partial charge >= 0.3 is 23.5 Å². The van der Waals surface area contributed by atoms with Gasteiger partial charge in [0.15, 0.2) is 11.2 Å². The molecule has 0 aliphatic heterocycles. The normalized spacial score (nSPS) is 12.3. The van der Waals surface area contributed by atoms with Gasteiger partial charge in [-0.3, -0.25) is 14.4 Å². The van der Waals surface area contributed by atoms with Crippen molar-refractivity contribution in [3.05, 3.63) is 52.1 Å². The molecule has 16 nitrogen and oxygen atoms in total. The zero-order chi connectivity index (χ0) is 29.4. The van der Waals surface area contributed by atoms with Gasteiger partial charge in [0.25, 0.3) is 5.91 Å². The molecule has 17 heteroatoms. The van der Waals surface area contributed by atoms with Crippen LogP contribution in [0.4, 0.5) is 11.6 Å². The van der Waals surface area contributed by atoms with Crippen LogP contribution < -0.4 is 27.4 Å². The van der Waals surface area contributed by atoms with E-state index in [2.05, 4.69) is 37.9 Å². The number of nitrogen functional groups attached to an aromatic ring is 1. The molecule has 3 rings (SSSR count). The average molecular weight is 575 g/mol. The number of hydroxylamine groups is 1. The van der Waals surface area contributed by atoms with Crippen molar-refractivity contribution in [1.29, 1.82) is 0 Å². The standard InChI is InChI=1S/C23H26N8O8S/c24-14(7-8-40)22(38)39-31(10-12-9-26-18-17(27-12)20(35)30-23(25)29-18)13-3-1-11(2-4-13)19(34)28-15(21(36)37)5-6-16(32)33/h1-4,9,14-15,40H,5-8,10,24H2,(H,28,34)(H,32,33)(H,36,37)(H3,25,26,29,30,35)/t14-,15+/m1/s1. The molecule has 0 aliphatic carbocycles. The lowest BCUT2D eigenvalue weighted by Gasteiger charge is -2.24. The molecule has 3 aromatic rings. The number of amides is 1. The number of carbonyl (C=O) groups excluding carboxylic acids is 2. The third-order valence-corrected chi connectivity index (χ3v) is 5.67. The van der Waals surface area contributed by atoms with Crippen molar-refractivity contribution in [3.63, 3.8) is 0 Å². The maximum Gasteiger partial charge on any atom is 0.348 e. The molecule has 8 N–H and O–H groups in total. The number of thiol groups is 1. The molecule has 0 saturated carbocycles. The molecule has 0 radical (unpaired) electrons.